The lowest BCUT2D eigenvalue weighted by molar-refractivity contribution is 0.0916. The third-order valence-corrected chi connectivity index (χ3v) is 3.47. The quantitative estimate of drug-likeness (QED) is 0.752. The maximum Gasteiger partial charge on any atom is 0.252 e. The molecule has 0 unspecified atom stereocenters. The summed E-state index contributed by atoms with van der Waals surface area (Å²) in [7, 11) is 0. The average molecular weight is 308 g/mol. The Morgan fingerprint density at radius 2 is 2.04 bits per heavy atom. The summed E-state index contributed by atoms with van der Waals surface area (Å²) in [6, 6.07) is 12.2. The first kappa shape index (κ1) is 14.9. The van der Waals surface area contributed by atoms with E-state index >= 15 is 0 Å². The van der Waals surface area contributed by atoms with E-state index in [0.29, 0.717) is 11.4 Å². The third-order valence-electron chi connectivity index (χ3n) is 3.47. The largest absolute Gasteiger partial charge is 0.394 e. The van der Waals surface area contributed by atoms with E-state index in [1.807, 2.05) is 30.3 Å². The zero-order valence-electron chi connectivity index (χ0n) is 12.3. The lowest BCUT2D eigenvalue weighted by atomic mass is 10.1. The summed E-state index contributed by atoms with van der Waals surface area (Å²) >= 11 is 0. The van der Waals surface area contributed by atoms with Gasteiger partial charge in [-0.2, -0.15) is 0 Å². The van der Waals surface area contributed by atoms with E-state index in [9.17, 15) is 9.90 Å². The number of hydrogen-bond acceptors (Lipinski definition) is 4. The predicted molar refractivity (Wildman–Crippen MR) is 85.1 cm³/mol. The number of aliphatic hydroxyl groups is 1. The van der Waals surface area contributed by atoms with Crippen LogP contribution in [-0.2, 0) is 0 Å². The predicted octanol–water partition coefficient (Wildman–Crippen LogP) is 1.73. The summed E-state index contributed by atoms with van der Waals surface area (Å²) in [4.78, 5) is 20.6. The van der Waals surface area contributed by atoms with Crippen molar-refractivity contribution in [3.8, 4) is 5.82 Å². The van der Waals surface area contributed by atoms with Crippen molar-refractivity contribution >= 4 is 5.91 Å². The van der Waals surface area contributed by atoms with Gasteiger partial charge < -0.3 is 10.4 Å². The van der Waals surface area contributed by atoms with E-state index in [0.717, 1.165) is 5.56 Å². The van der Waals surface area contributed by atoms with Crippen molar-refractivity contribution in [1.82, 2.24) is 19.9 Å². The molecule has 116 valence electrons. The Morgan fingerprint density at radius 3 is 2.74 bits per heavy atom. The Balaban J connectivity index is 1.79. The van der Waals surface area contributed by atoms with Gasteiger partial charge in [-0.05, 0) is 17.7 Å². The highest BCUT2D eigenvalue weighted by atomic mass is 16.3. The molecule has 0 spiro atoms. The van der Waals surface area contributed by atoms with Crippen LogP contribution in [0.15, 0.2) is 67.4 Å². The first-order valence-electron chi connectivity index (χ1n) is 7.19. The molecule has 6 heteroatoms. The van der Waals surface area contributed by atoms with Crippen LogP contribution in [0.4, 0.5) is 0 Å². The molecular formula is C17H16N4O2. The monoisotopic (exact) mass is 308 g/mol. The third kappa shape index (κ3) is 3.44. The highest BCUT2D eigenvalue weighted by Gasteiger charge is 2.15. The van der Waals surface area contributed by atoms with Crippen LogP contribution < -0.4 is 5.32 Å². The Labute approximate surface area is 133 Å². The van der Waals surface area contributed by atoms with E-state index in [2.05, 4.69) is 15.3 Å². The topological polar surface area (TPSA) is 80.0 Å². The van der Waals surface area contributed by atoms with Crippen LogP contribution in [0.3, 0.4) is 0 Å². The van der Waals surface area contributed by atoms with Crippen molar-refractivity contribution in [1.29, 1.82) is 0 Å². The highest BCUT2D eigenvalue weighted by Crippen LogP contribution is 2.13. The van der Waals surface area contributed by atoms with Crippen LogP contribution in [-0.4, -0.2) is 32.2 Å². The SMILES string of the molecule is O=C(N[C@H](CO)c1ccccc1)c1ccnc(-n2ccnc2)c1. The van der Waals surface area contributed by atoms with E-state index in [-0.39, 0.29) is 12.5 Å². The van der Waals surface area contributed by atoms with Crippen molar-refractivity contribution in [3.63, 3.8) is 0 Å². The summed E-state index contributed by atoms with van der Waals surface area (Å²) < 4.78 is 1.72. The molecule has 0 aliphatic rings. The highest BCUT2D eigenvalue weighted by molar-refractivity contribution is 5.94. The lowest BCUT2D eigenvalue weighted by Crippen LogP contribution is -2.30. The van der Waals surface area contributed by atoms with Gasteiger partial charge in [0.2, 0.25) is 0 Å². The van der Waals surface area contributed by atoms with Gasteiger partial charge in [-0.3, -0.25) is 9.36 Å². The number of rotatable bonds is 5. The molecule has 23 heavy (non-hydrogen) atoms. The number of hydrogen-bond donors (Lipinski definition) is 2. The second-order valence-electron chi connectivity index (χ2n) is 4.99. The summed E-state index contributed by atoms with van der Waals surface area (Å²) in [5.41, 5.74) is 1.32. The number of pyridine rings is 1. The molecule has 1 amide bonds. The Hall–Kier alpha value is -2.99. The molecule has 0 fully saturated rings. The van der Waals surface area contributed by atoms with Gasteiger partial charge in [0.25, 0.3) is 5.91 Å². The van der Waals surface area contributed by atoms with Gasteiger partial charge in [-0.25, -0.2) is 9.97 Å². The molecule has 0 aliphatic heterocycles. The molecule has 3 aromatic rings. The molecule has 1 atom stereocenters. The Kier molecular flexibility index (Phi) is 4.44. The number of nitrogens with zero attached hydrogens (tertiary/aromatic N) is 3. The minimum Gasteiger partial charge on any atom is -0.394 e. The van der Waals surface area contributed by atoms with Gasteiger partial charge in [0.15, 0.2) is 0 Å². The Bertz CT molecular complexity index is 772. The molecule has 2 aromatic heterocycles. The number of carbonyl (C=O) groups is 1. The molecule has 0 radical (unpaired) electrons. The van der Waals surface area contributed by atoms with E-state index in [4.69, 9.17) is 0 Å². The van der Waals surface area contributed by atoms with Gasteiger partial charge in [-0.15, -0.1) is 0 Å². The van der Waals surface area contributed by atoms with Crippen molar-refractivity contribution in [2.45, 2.75) is 6.04 Å². The minimum absolute atomic E-state index is 0.171. The molecular weight excluding hydrogens is 292 g/mol. The molecule has 0 aliphatic carbocycles. The average Bonchev–Trinajstić information content (AvgIpc) is 3.15. The molecule has 0 bridgehead atoms. The zero-order valence-corrected chi connectivity index (χ0v) is 12.3. The second-order valence-corrected chi connectivity index (χ2v) is 4.99. The molecule has 0 saturated carbocycles. The standard InChI is InChI=1S/C17H16N4O2/c22-11-15(13-4-2-1-3-5-13)20-17(23)14-6-7-19-16(10-14)21-9-8-18-12-21/h1-10,12,15,22H,11H2,(H,20,23)/t15-/m1/s1. The number of imidazole rings is 1. The van der Waals surface area contributed by atoms with Gasteiger partial charge in [0.05, 0.1) is 12.6 Å². The maximum atomic E-state index is 12.4. The van der Waals surface area contributed by atoms with E-state index in [1.165, 1.54) is 0 Å². The van der Waals surface area contributed by atoms with E-state index < -0.39 is 6.04 Å². The summed E-state index contributed by atoms with van der Waals surface area (Å²) in [6.07, 6.45) is 6.58. The van der Waals surface area contributed by atoms with E-state index in [1.54, 1.807) is 41.6 Å². The van der Waals surface area contributed by atoms with Crippen molar-refractivity contribution in [2.75, 3.05) is 6.61 Å². The molecule has 1 aromatic carbocycles. The fourth-order valence-electron chi connectivity index (χ4n) is 2.26. The smallest absolute Gasteiger partial charge is 0.252 e. The fraction of sp³-hybridized carbons (Fsp3) is 0.118. The fourth-order valence-corrected chi connectivity index (χ4v) is 2.26. The molecule has 2 heterocycles. The summed E-state index contributed by atoms with van der Waals surface area (Å²) in [5.74, 6) is 0.340. The minimum atomic E-state index is -0.450. The Morgan fingerprint density at radius 1 is 1.22 bits per heavy atom. The second kappa shape index (κ2) is 6.85. The van der Waals surface area contributed by atoms with Gasteiger partial charge in [-0.1, -0.05) is 30.3 Å². The van der Waals surface area contributed by atoms with Crippen LogP contribution in [0.1, 0.15) is 22.0 Å². The number of aliphatic hydroxyl groups excluding tert-OH is 1. The molecule has 2 N–H and O–H groups in total. The maximum absolute atomic E-state index is 12.4. The molecule has 0 saturated heterocycles. The van der Waals surface area contributed by atoms with Gasteiger partial charge >= 0.3 is 0 Å². The number of nitrogens with one attached hydrogen (secondary N) is 1. The van der Waals surface area contributed by atoms with Crippen LogP contribution >= 0.6 is 0 Å². The van der Waals surface area contributed by atoms with Crippen molar-refractivity contribution in [3.05, 3.63) is 78.5 Å². The van der Waals surface area contributed by atoms with Crippen LogP contribution in [0, 0.1) is 0 Å². The van der Waals surface area contributed by atoms with Crippen LogP contribution in [0.2, 0.25) is 0 Å². The number of benzene rings is 1. The van der Waals surface area contributed by atoms with Crippen molar-refractivity contribution in [2.24, 2.45) is 0 Å². The van der Waals surface area contributed by atoms with Gasteiger partial charge in [0.1, 0.15) is 12.1 Å². The number of aromatic nitrogens is 3. The molecule has 3 rings (SSSR count). The normalized spacial score (nSPS) is 11.9. The zero-order chi connectivity index (χ0) is 16.1. The molecule has 6 nitrogen and oxygen atoms in total. The summed E-state index contributed by atoms with van der Waals surface area (Å²) in [6.45, 7) is -0.171. The summed E-state index contributed by atoms with van der Waals surface area (Å²) in [5, 5.41) is 12.4. The first-order chi connectivity index (χ1) is 11.3. The first-order valence-corrected chi connectivity index (χ1v) is 7.19. The number of carbonyl (C=O) groups excluding carboxylic acids is 1. The number of amides is 1. The van der Waals surface area contributed by atoms with Crippen LogP contribution in [0.5, 0.6) is 0 Å². The van der Waals surface area contributed by atoms with Gasteiger partial charge in [0, 0.05) is 24.2 Å². The van der Waals surface area contributed by atoms with Crippen molar-refractivity contribution < 1.29 is 9.90 Å². The lowest BCUT2D eigenvalue weighted by Gasteiger charge is -2.17. The van der Waals surface area contributed by atoms with Crippen LogP contribution in [0.25, 0.3) is 5.82 Å².